The first-order chi connectivity index (χ1) is 14.6. The number of nitrogens with zero attached hydrogens (tertiary/aromatic N) is 2. The lowest BCUT2D eigenvalue weighted by Crippen LogP contribution is -2.49. The molecule has 154 valence electrons. The van der Waals surface area contributed by atoms with Crippen LogP contribution in [-0.4, -0.2) is 40.7 Å². The van der Waals surface area contributed by atoms with E-state index in [1.807, 2.05) is 24.3 Å². The maximum absolute atomic E-state index is 13.0. The number of aromatic amines is 1. The summed E-state index contributed by atoms with van der Waals surface area (Å²) in [5.74, 6) is 0.340. The summed E-state index contributed by atoms with van der Waals surface area (Å²) in [5, 5.41) is 7.29. The number of amides is 1. The number of piperidine rings is 1. The van der Waals surface area contributed by atoms with E-state index < -0.39 is 12.2 Å². The van der Waals surface area contributed by atoms with Crippen molar-refractivity contribution in [2.75, 3.05) is 13.1 Å². The molecule has 0 saturated carbocycles. The maximum atomic E-state index is 13.0. The number of ether oxygens (including phenoxy) is 2. The quantitative estimate of drug-likeness (QED) is 0.701. The third kappa shape index (κ3) is 2.99. The molecule has 8 heteroatoms. The number of carbonyl (C=O) groups excluding carboxylic acids is 1. The average Bonchev–Trinajstić information content (AvgIpc) is 3.25. The van der Waals surface area contributed by atoms with Crippen LogP contribution in [0, 0.1) is 0 Å². The second-order valence-corrected chi connectivity index (χ2v) is 7.42. The molecule has 1 saturated heterocycles. The van der Waals surface area contributed by atoms with E-state index in [2.05, 4.69) is 14.9 Å². The molecule has 0 atom stereocenters. The zero-order valence-electron chi connectivity index (χ0n) is 16.0. The predicted molar refractivity (Wildman–Crippen MR) is 105 cm³/mol. The number of rotatable bonds is 3. The summed E-state index contributed by atoms with van der Waals surface area (Å²) >= 11 is 0. The van der Waals surface area contributed by atoms with Gasteiger partial charge in [0.1, 0.15) is 17.1 Å². The van der Waals surface area contributed by atoms with Crippen molar-refractivity contribution in [3.8, 4) is 22.8 Å². The zero-order valence-corrected chi connectivity index (χ0v) is 16.0. The van der Waals surface area contributed by atoms with Gasteiger partial charge in [-0.15, -0.1) is 0 Å². The molecule has 0 aliphatic carbocycles. The van der Waals surface area contributed by atoms with Crippen LogP contribution in [-0.2, 0) is 5.60 Å². The molecule has 0 unspecified atom stereocenters. The first-order valence-electron chi connectivity index (χ1n) is 9.73. The lowest BCUT2D eigenvalue weighted by Gasteiger charge is -2.44. The number of hydrogen-bond donors (Lipinski definition) is 1. The van der Waals surface area contributed by atoms with Crippen LogP contribution in [0.15, 0.2) is 54.7 Å². The molecular formula is C22H19F2N3O3. The number of carbonyl (C=O) groups is 1. The lowest BCUT2D eigenvalue weighted by atomic mass is 9.81. The molecule has 2 aliphatic rings. The number of aromatic nitrogens is 2. The largest absolute Gasteiger partial charge is 0.482 e. The van der Waals surface area contributed by atoms with Crippen LogP contribution in [0.1, 0.15) is 28.8 Å². The van der Waals surface area contributed by atoms with Gasteiger partial charge in [-0.2, -0.15) is 13.9 Å². The minimum atomic E-state index is -2.99. The molecule has 3 heterocycles. The van der Waals surface area contributed by atoms with E-state index in [1.54, 1.807) is 23.2 Å². The number of likely N-dealkylation sites (tertiary alicyclic amines) is 1. The zero-order chi connectivity index (χ0) is 20.7. The Morgan fingerprint density at radius 3 is 2.67 bits per heavy atom. The van der Waals surface area contributed by atoms with Crippen molar-refractivity contribution in [1.29, 1.82) is 0 Å². The van der Waals surface area contributed by atoms with E-state index in [9.17, 15) is 13.6 Å². The van der Waals surface area contributed by atoms with Gasteiger partial charge >= 0.3 is 6.61 Å². The molecule has 3 aromatic rings. The maximum Gasteiger partial charge on any atom is 0.387 e. The van der Waals surface area contributed by atoms with Gasteiger partial charge in [-0.3, -0.25) is 9.89 Å². The van der Waals surface area contributed by atoms with Crippen molar-refractivity contribution < 1.29 is 23.0 Å². The first-order valence-corrected chi connectivity index (χ1v) is 9.73. The number of halogens is 2. The highest BCUT2D eigenvalue weighted by Crippen LogP contribution is 2.48. The van der Waals surface area contributed by atoms with Gasteiger partial charge in [0.25, 0.3) is 5.91 Å². The standard InChI is InChI=1S/C22H19F2N3O3/c23-21(24)29-17-7-3-2-6-15(17)20(28)27-11-9-22(10-12-27)16-13-25-26-19(16)14-5-1-4-8-18(14)30-22/h1-8,13,21H,9-12H2,(H,25,26). The van der Waals surface area contributed by atoms with Gasteiger partial charge < -0.3 is 14.4 Å². The monoisotopic (exact) mass is 411 g/mol. The van der Waals surface area contributed by atoms with Crippen molar-refractivity contribution in [2.45, 2.75) is 25.1 Å². The second kappa shape index (κ2) is 7.12. The molecule has 1 spiro atoms. The van der Waals surface area contributed by atoms with E-state index >= 15 is 0 Å². The number of H-pyrrole nitrogens is 1. The molecule has 5 rings (SSSR count). The van der Waals surface area contributed by atoms with Crippen LogP contribution in [0.3, 0.4) is 0 Å². The van der Waals surface area contributed by atoms with Crippen molar-refractivity contribution >= 4 is 5.91 Å². The minimum Gasteiger partial charge on any atom is -0.482 e. The van der Waals surface area contributed by atoms with E-state index in [0.717, 1.165) is 22.6 Å². The summed E-state index contributed by atoms with van der Waals surface area (Å²) in [7, 11) is 0. The number of hydrogen-bond acceptors (Lipinski definition) is 4. The van der Waals surface area contributed by atoms with Crippen molar-refractivity contribution in [3.63, 3.8) is 0 Å². The van der Waals surface area contributed by atoms with E-state index in [-0.39, 0.29) is 17.2 Å². The Balaban J connectivity index is 1.39. The number of nitrogens with one attached hydrogen (secondary N) is 1. The van der Waals surface area contributed by atoms with E-state index in [0.29, 0.717) is 25.9 Å². The highest BCUT2D eigenvalue weighted by molar-refractivity contribution is 5.97. The lowest BCUT2D eigenvalue weighted by molar-refractivity contribution is -0.0504. The number of fused-ring (bicyclic) bond motifs is 4. The Morgan fingerprint density at radius 1 is 1.13 bits per heavy atom. The first kappa shape index (κ1) is 18.6. The van der Waals surface area contributed by atoms with Crippen molar-refractivity contribution in [2.24, 2.45) is 0 Å². The number of para-hydroxylation sites is 2. The van der Waals surface area contributed by atoms with Crippen molar-refractivity contribution in [1.82, 2.24) is 15.1 Å². The normalized spacial score (nSPS) is 16.7. The Bertz CT molecular complexity index is 1090. The Morgan fingerprint density at radius 2 is 1.87 bits per heavy atom. The van der Waals surface area contributed by atoms with Gasteiger partial charge in [0, 0.05) is 37.1 Å². The van der Waals surface area contributed by atoms with Gasteiger partial charge in [0.2, 0.25) is 0 Å². The molecule has 30 heavy (non-hydrogen) atoms. The molecule has 0 bridgehead atoms. The van der Waals surface area contributed by atoms with Crippen LogP contribution in [0.2, 0.25) is 0 Å². The highest BCUT2D eigenvalue weighted by atomic mass is 19.3. The summed E-state index contributed by atoms with van der Waals surface area (Å²) in [6.07, 6.45) is 2.92. The number of alkyl halides is 2. The molecule has 1 amide bonds. The second-order valence-electron chi connectivity index (χ2n) is 7.42. The van der Waals surface area contributed by atoms with Crippen LogP contribution in [0.25, 0.3) is 11.3 Å². The van der Waals surface area contributed by atoms with Crippen molar-refractivity contribution in [3.05, 3.63) is 65.9 Å². The fourth-order valence-corrected chi connectivity index (χ4v) is 4.32. The third-order valence-electron chi connectivity index (χ3n) is 5.78. The van der Waals surface area contributed by atoms with E-state index in [1.165, 1.54) is 12.1 Å². The summed E-state index contributed by atoms with van der Waals surface area (Å²) in [5.41, 5.74) is 2.44. The number of benzene rings is 2. The molecule has 6 nitrogen and oxygen atoms in total. The summed E-state index contributed by atoms with van der Waals surface area (Å²) in [4.78, 5) is 14.7. The van der Waals surface area contributed by atoms with Crippen LogP contribution in [0.4, 0.5) is 8.78 Å². The Labute approximate surface area is 171 Å². The molecule has 1 N–H and O–H groups in total. The highest BCUT2D eigenvalue weighted by Gasteiger charge is 2.45. The molecule has 1 fully saturated rings. The van der Waals surface area contributed by atoms with Gasteiger partial charge in [-0.25, -0.2) is 0 Å². The molecule has 0 radical (unpaired) electrons. The molecular weight excluding hydrogens is 392 g/mol. The summed E-state index contributed by atoms with van der Waals surface area (Å²) in [6, 6.07) is 13.9. The fourth-order valence-electron chi connectivity index (χ4n) is 4.32. The van der Waals surface area contributed by atoms with Gasteiger partial charge in [-0.05, 0) is 24.3 Å². The van der Waals surface area contributed by atoms with Gasteiger partial charge in [-0.1, -0.05) is 24.3 Å². The topological polar surface area (TPSA) is 67.4 Å². The predicted octanol–water partition coefficient (Wildman–Crippen LogP) is 4.20. The smallest absolute Gasteiger partial charge is 0.387 e. The summed E-state index contributed by atoms with van der Waals surface area (Å²) in [6.45, 7) is -2.14. The van der Waals surface area contributed by atoms with Gasteiger partial charge in [0.15, 0.2) is 0 Å². The average molecular weight is 411 g/mol. The molecule has 2 aromatic carbocycles. The SMILES string of the molecule is O=C(c1ccccc1OC(F)F)N1CCC2(CC1)Oc1ccccc1-c1[nH]ncc12. The van der Waals surface area contributed by atoms with Crippen LogP contribution in [0.5, 0.6) is 11.5 Å². The fraction of sp³-hybridized carbons (Fsp3) is 0.273. The van der Waals surface area contributed by atoms with E-state index in [4.69, 9.17) is 4.74 Å². The molecule has 1 aromatic heterocycles. The molecule has 2 aliphatic heterocycles. The van der Waals surface area contributed by atoms with Gasteiger partial charge in [0.05, 0.1) is 17.5 Å². The van der Waals surface area contributed by atoms with Crippen LogP contribution >= 0.6 is 0 Å². The van der Waals surface area contributed by atoms with Crippen LogP contribution < -0.4 is 9.47 Å². The Hall–Kier alpha value is -3.42. The third-order valence-corrected chi connectivity index (χ3v) is 5.78. The Kier molecular flexibility index (Phi) is 4.42. The minimum absolute atomic E-state index is 0.113. The summed E-state index contributed by atoms with van der Waals surface area (Å²) < 4.78 is 36.4.